The van der Waals surface area contributed by atoms with Gasteiger partial charge in [0.25, 0.3) is 0 Å². The van der Waals surface area contributed by atoms with Gasteiger partial charge in [-0.15, -0.1) is 11.3 Å². The van der Waals surface area contributed by atoms with Crippen LogP contribution in [0.2, 0.25) is 0 Å². The lowest BCUT2D eigenvalue weighted by atomic mass is 10.3. The third kappa shape index (κ3) is 2.58. The molecule has 0 bridgehead atoms. The Labute approximate surface area is 97.1 Å². The molecule has 2 heterocycles. The largest absolute Gasteiger partial charge is 0.366 e. The summed E-state index contributed by atoms with van der Waals surface area (Å²) in [4.78, 5) is 16.1. The third-order valence-corrected chi connectivity index (χ3v) is 2.98. The molecule has 2 aromatic heterocycles. The maximum atomic E-state index is 10.9. The van der Waals surface area contributed by atoms with Crippen LogP contribution in [0.4, 0.5) is 5.82 Å². The molecule has 2 rings (SSSR count). The molecule has 0 spiro atoms. The Kier molecular flexibility index (Phi) is 3.16. The number of thiophene rings is 1. The number of hydrogen-bond acceptors (Lipinski definition) is 4. The predicted molar refractivity (Wildman–Crippen MR) is 64.4 cm³/mol. The molecule has 4 nitrogen and oxygen atoms in total. The Hall–Kier alpha value is -1.88. The van der Waals surface area contributed by atoms with Crippen LogP contribution < -0.4 is 11.1 Å². The van der Waals surface area contributed by atoms with Crippen LogP contribution in [0.25, 0.3) is 0 Å². The van der Waals surface area contributed by atoms with Gasteiger partial charge < -0.3 is 11.1 Å². The zero-order valence-electron chi connectivity index (χ0n) is 8.51. The molecule has 0 saturated heterocycles. The smallest absolute Gasteiger partial charge is 0.249 e. The predicted octanol–water partition coefficient (Wildman–Crippen LogP) is 1.85. The van der Waals surface area contributed by atoms with E-state index in [2.05, 4.69) is 10.3 Å². The summed E-state index contributed by atoms with van der Waals surface area (Å²) >= 11 is 1.51. The van der Waals surface area contributed by atoms with E-state index in [1.807, 2.05) is 18.2 Å². The number of anilines is 1. The minimum Gasteiger partial charge on any atom is -0.366 e. The van der Waals surface area contributed by atoms with E-state index < -0.39 is 0 Å². The van der Waals surface area contributed by atoms with Crippen LogP contribution in [0, 0.1) is 0 Å². The molecule has 16 heavy (non-hydrogen) atoms. The van der Waals surface area contributed by atoms with Crippen molar-refractivity contribution in [2.45, 2.75) is 6.54 Å². The lowest BCUT2D eigenvalue weighted by molar-refractivity contribution is 0.100. The number of aromatic nitrogens is 1. The quantitative estimate of drug-likeness (QED) is 0.846. The number of nitrogens with one attached hydrogen (secondary N) is 1. The SMILES string of the molecule is NC(=O)c1csc(CNc2ccccn2)c1. The van der Waals surface area contributed by atoms with Crippen LogP contribution in [0.3, 0.4) is 0 Å². The number of primary amides is 1. The van der Waals surface area contributed by atoms with Gasteiger partial charge in [0.1, 0.15) is 5.82 Å². The highest BCUT2D eigenvalue weighted by atomic mass is 32.1. The van der Waals surface area contributed by atoms with Crippen LogP contribution >= 0.6 is 11.3 Å². The molecule has 5 heteroatoms. The third-order valence-electron chi connectivity index (χ3n) is 2.05. The second-order valence-corrected chi connectivity index (χ2v) is 4.23. The number of nitrogens with two attached hydrogens (primary N) is 1. The van der Waals surface area contributed by atoms with Crippen LogP contribution in [0.1, 0.15) is 15.2 Å². The first kappa shape index (κ1) is 10.6. The summed E-state index contributed by atoms with van der Waals surface area (Å²) in [5.41, 5.74) is 5.73. The van der Waals surface area contributed by atoms with Gasteiger partial charge in [-0.25, -0.2) is 4.98 Å². The average Bonchev–Trinajstić information content (AvgIpc) is 2.76. The molecular weight excluding hydrogens is 222 g/mol. The van der Waals surface area contributed by atoms with Crippen molar-refractivity contribution in [1.29, 1.82) is 0 Å². The fourth-order valence-electron chi connectivity index (χ4n) is 1.25. The van der Waals surface area contributed by atoms with Crippen molar-refractivity contribution in [2.24, 2.45) is 5.73 Å². The van der Waals surface area contributed by atoms with E-state index in [0.717, 1.165) is 10.7 Å². The Morgan fingerprint density at radius 2 is 2.38 bits per heavy atom. The number of nitrogens with zero attached hydrogens (tertiary/aromatic N) is 1. The molecule has 0 aliphatic carbocycles. The normalized spacial score (nSPS) is 10.0. The van der Waals surface area contributed by atoms with E-state index in [0.29, 0.717) is 12.1 Å². The number of carbonyl (C=O) groups is 1. The number of rotatable bonds is 4. The second-order valence-electron chi connectivity index (χ2n) is 3.23. The Balaban J connectivity index is 1.97. The van der Waals surface area contributed by atoms with Gasteiger partial charge in [0.2, 0.25) is 5.91 Å². The fourth-order valence-corrected chi connectivity index (χ4v) is 2.06. The van der Waals surface area contributed by atoms with Crippen molar-refractivity contribution in [1.82, 2.24) is 4.98 Å². The van der Waals surface area contributed by atoms with E-state index in [9.17, 15) is 4.79 Å². The molecule has 82 valence electrons. The van der Waals surface area contributed by atoms with Crippen molar-refractivity contribution >= 4 is 23.1 Å². The summed E-state index contributed by atoms with van der Waals surface area (Å²) in [5, 5.41) is 4.92. The highest BCUT2D eigenvalue weighted by Crippen LogP contribution is 2.15. The van der Waals surface area contributed by atoms with E-state index in [1.54, 1.807) is 17.6 Å². The van der Waals surface area contributed by atoms with E-state index >= 15 is 0 Å². The first-order chi connectivity index (χ1) is 7.75. The van der Waals surface area contributed by atoms with Crippen LogP contribution in [0.5, 0.6) is 0 Å². The summed E-state index contributed by atoms with van der Waals surface area (Å²) < 4.78 is 0. The summed E-state index contributed by atoms with van der Waals surface area (Å²) in [7, 11) is 0. The Morgan fingerprint density at radius 1 is 1.50 bits per heavy atom. The molecule has 0 unspecified atom stereocenters. The zero-order chi connectivity index (χ0) is 11.4. The minimum absolute atomic E-state index is 0.389. The van der Waals surface area contributed by atoms with E-state index in [1.165, 1.54) is 11.3 Å². The lowest BCUT2D eigenvalue weighted by Gasteiger charge is -2.01. The van der Waals surface area contributed by atoms with E-state index in [-0.39, 0.29) is 5.91 Å². The molecule has 1 amide bonds. The van der Waals surface area contributed by atoms with Gasteiger partial charge in [-0.1, -0.05) is 6.07 Å². The van der Waals surface area contributed by atoms with Crippen LogP contribution in [-0.2, 0) is 6.54 Å². The summed E-state index contributed by atoms with van der Waals surface area (Å²) in [6.07, 6.45) is 1.73. The maximum absolute atomic E-state index is 10.9. The van der Waals surface area contributed by atoms with Gasteiger partial charge in [0, 0.05) is 16.5 Å². The number of carbonyl (C=O) groups excluding carboxylic acids is 1. The van der Waals surface area contributed by atoms with Crippen molar-refractivity contribution in [3.05, 3.63) is 46.3 Å². The molecule has 0 radical (unpaired) electrons. The van der Waals surface area contributed by atoms with Gasteiger partial charge in [-0.2, -0.15) is 0 Å². The van der Waals surface area contributed by atoms with Crippen LogP contribution in [0.15, 0.2) is 35.8 Å². The Bertz CT molecular complexity index is 481. The van der Waals surface area contributed by atoms with Crippen molar-refractivity contribution < 1.29 is 4.79 Å². The zero-order valence-corrected chi connectivity index (χ0v) is 9.33. The second kappa shape index (κ2) is 4.76. The summed E-state index contributed by atoms with van der Waals surface area (Å²) in [5.74, 6) is 0.428. The summed E-state index contributed by atoms with van der Waals surface area (Å²) in [6.45, 7) is 0.648. The first-order valence-corrected chi connectivity index (χ1v) is 5.66. The van der Waals surface area contributed by atoms with Crippen molar-refractivity contribution in [3.8, 4) is 0 Å². The molecule has 0 aromatic carbocycles. The van der Waals surface area contributed by atoms with Crippen molar-refractivity contribution in [3.63, 3.8) is 0 Å². The molecule has 2 aromatic rings. The van der Waals surface area contributed by atoms with Gasteiger partial charge in [-0.05, 0) is 18.2 Å². The fraction of sp³-hybridized carbons (Fsp3) is 0.0909. The standard InChI is InChI=1S/C11H11N3OS/c12-11(15)8-5-9(16-7-8)6-14-10-3-1-2-4-13-10/h1-5,7H,6H2,(H2,12,15)(H,13,14). The molecule has 0 atom stereocenters. The van der Waals surface area contributed by atoms with Gasteiger partial charge in [0.05, 0.1) is 12.1 Å². The molecule has 0 fully saturated rings. The molecular formula is C11H11N3OS. The average molecular weight is 233 g/mol. The highest BCUT2D eigenvalue weighted by molar-refractivity contribution is 7.10. The van der Waals surface area contributed by atoms with Gasteiger partial charge in [-0.3, -0.25) is 4.79 Å². The number of pyridine rings is 1. The molecule has 3 N–H and O–H groups in total. The maximum Gasteiger partial charge on any atom is 0.249 e. The number of hydrogen-bond donors (Lipinski definition) is 2. The van der Waals surface area contributed by atoms with Crippen LogP contribution in [-0.4, -0.2) is 10.9 Å². The van der Waals surface area contributed by atoms with Gasteiger partial charge in [0.15, 0.2) is 0 Å². The molecule has 0 saturated carbocycles. The number of amides is 1. The minimum atomic E-state index is -0.389. The van der Waals surface area contributed by atoms with Crippen molar-refractivity contribution in [2.75, 3.05) is 5.32 Å². The summed E-state index contributed by atoms with van der Waals surface area (Å²) in [6, 6.07) is 7.46. The Morgan fingerprint density at radius 3 is 3.00 bits per heavy atom. The monoisotopic (exact) mass is 233 g/mol. The lowest BCUT2D eigenvalue weighted by Crippen LogP contribution is -2.09. The molecule has 0 aliphatic heterocycles. The highest BCUT2D eigenvalue weighted by Gasteiger charge is 2.04. The van der Waals surface area contributed by atoms with Gasteiger partial charge >= 0.3 is 0 Å². The molecule has 0 aliphatic rings. The topological polar surface area (TPSA) is 68.0 Å². The van der Waals surface area contributed by atoms with E-state index in [4.69, 9.17) is 5.73 Å². The first-order valence-electron chi connectivity index (χ1n) is 4.78.